The molecule has 0 bridgehead atoms. The summed E-state index contributed by atoms with van der Waals surface area (Å²) in [7, 11) is 0. The van der Waals surface area contributed by atoms with Crippen molar-refractivity contribution in [3.63, 3.8) is 0 Å². The molecule has 0 aliphatic carbocycles. The van der Waals surface area contributed by atoms with Crippen molar-refractivity contribution in [1.29, 1.82) is 0 Å². The molecule has 0 N–H and O–H groups in total. The quantitative estimate of drug-likeness (QED) is 0.467. The van der Waals surface area contributed by atoms with Gasteiger partial charge in [-0.2, -0.15) is 5.10 Å². The number of benzene rings is 1. The van der Waals surface area contributed by atoms with Gasteiger partial charge in [0, 0.05) is 10.9 Å². The zero-order valence-corrected chi connectivity index (χ0v) is 16.4. The van der Waals surface area contributed by atoms with Gasteiger partial charge in [-0.15, -0.1) is 11.3 Å². The molecule has 0 spiro atoms. The lowest BCUT2D eigenvalue weighted by Crippen LogP contribution is -1.99. The highest BCUT2D eigenvalue weighted by molar-refractivity contribution is 7.13. The molecule has 8 heteroatoms. The summed E-state index contributed by atoms with van der Waals surface area (Å²) in [5.74, 6) is 2.17. The Labute approximate surface area is 166 Å². The average Bonchev–Trinajstić information content (AvgIpc) is 3.42. The lowest BCUT2D eigenvalue weighted by molar-refractivity contribution is 0.288. The molecule has 4 aromatic rings. The van der Waals surface area contributed by atoms with Gasteiger partial charge in [-0.1, -0.05) is 6.07 Å². The minimum Gasteiger partial charge on any atom is -0.490 e. The summed E-state index contributed by atoms with van der Waals surface area (Å²) < 4.78 is 13.0. The zero-order chi connectivity index (χ0) is 19.3. The van der Waals surface area contributed by atoms with E-state index in [1.807, 2.05) is 55.6 Å². The Balaban J connectivity index is 1.65. The second-order valence-electron chi connectivity index (χ2n) is 5.79. The van der Waals surface area contributed by atoms with Crippen LogP contribution in [-0.2, 0) is 0 Å². The van der Waals surface area contributed by atoms with Crippen molar-refractivity contribution in [3.8, 4) is 39.3 Å². The van der Waals surface area contributed by atoms with Gasteiger partial charge in [-0.25, -0.2) is 19.6 Å². The van der Waals surface area contributed by atoms with Gasteiger partial charge in [0.2, 0.25) is 0 Å². The Morgan fingerprint density at radius 3 is 2.61 bits per heavy atom. The smallest absolute Gasteiger partial charge is 0.161 e. The van der Waals surface area contributed by atoms with E-state index in [1.165, 1.54) is 6.33 Å². The first-order valence-corrected chi connectivity index (χ1v) is 9.84. The van der Waals surface area contributed by atoms with Crippen LogP contribution < -0.4 is 9.47 Å². The Morgan fingerprint density at radius 2 is 1.82 bits per heavy atom. The number of hydrogen-bond acceptors (Lipinski definition) is 7. The van der Waals surface area contributed by atoms with Crippen molar-refractivity contribution in [2.75, 3.05) is 13.2 Å². The van der Waals surface area contributed by atoms with Crippen molar-refractivity contribution in [2.24, 2.45) is 0 Å². The fourth-order valence-corrected chi connectivity index (χ4v) is 3.54. The minimum atomic E-state index is 0.575. The average molecular weight is 393 g/mol. The minimum absolute atomic E-state index is 0.575. The predicted octanol–water partition coefficient (Wildman–Crippen LogP) is 4.25. The predicted molar refractivity (Wildman–Crippen MR) is 108 cm³/mol. The molecule has 3 heterocycles. The second kappa shape index (κ2) is 8.18. The third-order valence-corrected chi connectivity index (χ3v) is 4.84. The lowest BCUT2D eigenvalue weighted by atomic mass is 10.2. The SMILES string of the molecule is CCOc1ccc(-c2nc(-c3cccc(-n4cncn4)n3)cs2)cc1OCC. The summed E-state index contributed by atoms with van der Waals surface area (Å²) >= 11 is 1.56. The molecule has 7 nitrogen and oxygen atoms in total. The molecule has 0 saturated carbocycles. The summed E-state index contributed by atoms with van der Waals surface area (Å²) in [5.41, 5.74) is 2.58. The molecule has 3 aromatic heterocycles. The Hall–Kier alpha value is -3.26. The summed E-state index contributed by atoms with van der Waals surface area (Å²) in [6.45, 7) is 5.08. The third-order valence-electron chi connectivity index (χ3n) is 3.94. The number of hydrogen-bond donors (Lipinski definition) is 0. The van der Waals surface area contributed by atoms with Crippen LogP contribution in [0.4, 0.5) is 0 Å². The molecule has 4 rings (SSSR count). The summed E-state index contributed by atoms with van der Waals surface area (Å²) in [5, 5.41) is 7.02. The standard InChI is InChI=1S/C20H19N5O2S/c1-3-26-17-9-8-14(10-18(17)27-4-2)20-24-16(11-28-20)15-6-5-7-19(23-15)25-13-21-12-22-25/h5-13H,3-4H2,1-2H3. The van der Waals surface area contributed by atoms with Crippen molar-refractivity contribution >= 4 is 11.3 Å². The van der Waals surface area contributed by atoms with E-state index in [0.29, 0.717) is 19.0 Å². The first-order valence-electron chi connectivity index (χ1n) is 8.96. The largest absolute Gasteiger partial charge is 0.490 e. The molecule has 0 radical (unpaired) electrons. The van der Waals surface area contributed by atoms with Crippen LogP contribution in [-0.4, -0.2) is 37.9 Å². The number of nitrogens with zero attached hydrogens (tertiary/aromatic N) is 5. The van der Waals surface area contributed by atoms with Gasteiger partial charge in [0.25, 0.3) is 0 Å². The first kappa shape index (κ1) is 18.1. The fraction of sp³-hybridized carbons (Fsp3) is 0.200. The van der Waals surface area contributed by atoms with E-state index in [4.69, 9.17) is 14.5 Å². The molecule has 0 saturated heterocycles. The van der Waals surface area contributed by atoms with Crippen molar-refractivity contribution < 1.29 is 9.47 Å². The van der Waals surface area contributed by atoms with Crippen LogP contribution in [0.1, 0.15) is 13.8 Å². The first-order chi connectivity index (χ1) is 13.8. The Bertz CT molecular complexity index is 1060. The summed E-state index contributed by atoms with van der Waals surface area (Å²) in [4.78, 5) is 13.4. The number of aromatic nitrogens is 5. The Kier molecular flexibility index (Phi) is 5.29. The highest BCUT2D eigenvalue weighted by Gasteiger charge is 2.12. The molecule has 1 aromatic carbocycles. The molecule has 0 fully saturated rings. The number of rotatable bonds is 7. The maximum atomic E-state index is 5.72. The van der Waals surface area contributed by atoms with Crippen LogP contribution >= 0.6 is 11.3 Å². The molecule has 0 amide bonds. The van der Waals surface area contributed by atoms with Crippen LogP contribution in [0, 0.1) is 0 Å². The van der Waals surface area contributed by atoms with Crippen LogP contribution in [0.5, 0.6) is 11.5 Å². The molecule has 28 heavy (non-hydrogen) atoms. The van der Waals surface area contributed by atoms with Gasteiger partial charge in [-0.3, -0.25) is 0 Å². The second-order valence-corrected chi connectivity index (χ2v) is 6.64. The fourth-order valence-electron chi connectivity index (χ4n) is 2.73. The van der Waals surface area contributed by atoms with E-state index in [1.54, 1.807) is 22.3 Å². The molecule has 0 unspecified atom stereocenters. The zero-order valence-electron chi connectivity index (χ0n) is 15.6. The van der Waals surface area contributed by atoms with Crippen LogP contribution in [0.2, 0.25) is 0 Å². The van der Waals surface area contributed by atoms with Crippen LogP contribution in [0.15, 0.2) is 54.4 Å². The van der Waals surface area contributed by atoms with Gasteiger partial charge in [-0.05, 0) is 44.2 Å². The van der Waals surface area contributed by atoms with E-state index >= 15 is 0 Å². The topological polar surface area (TPSA) is 75.0 Å². The molecule has 0 atom stereocenters. The van der Waals surface area contributed by atoms with Crippen molar-refractivity contribution in [2.45, 2.75) is 13.8 Å². The van der Waals surface area contributed by atoms with Gasteiger partial charge >= 0.3 is 0 Å². The third kappa shape index (κ3) is 3.72. The van der Waals surface area contributed by atoms with E-state index in [0.717, 1.165) is 33.5 Å². The lowest BCUT2D eigenvalue weighted by Gasteiger charge is -2.11. The van der Waals surface area contributed by atoms with Gasteiger partial charge in [0.05, 0.1) is 18.9 Å². The van der Waals surface area contributed by atoms with Gasteiger partial charge in [0.1, 0.15) is 23.4 Å². The molecule has 142 valence electrons. The number of pyridine rings is 1. The molecule has 0 aliphatic heterocycles. The molecular weight excluding hydrogens is 374 g/mol. The monoisotopic (exact) mass is 393 g/mol. The maximum Gasteiger partial charge on any atom is 0.161 e. The Morgan fingerprint density at radius 1 is 0.964 bits per heavy atom. The highest BCUT2D eigenvalue weighted by Crippen LogP contribution is 2.35. The van der Waals surface area contributed by atoms with E-state index in [2.05, 4.69) is 15.1 Å². The van der Waals surface area contributed by atoms with Crippen molar-refractivity contribution in [3.05, 3.63) is 54.4 Å². The van der Waals surface area contributed by atoms with Crippen LogP contribution in [0.25, 0.3) is 27.8 Å². The normalized spacial score (nSPS) is 10.8. The maximum absolute atomic E-state index is 5.72. The number of ether oxygens (including phenoxy) is 2. The van der Waals surface area contributed by atoms with Gasteiger partial charge < -0.3 is 9.47 Å². The van der Waals surface area contributed by atoms with E-state index in [-0.39, 0.29) is 0 Å². The van der Waals surface area contributed by atoms with E-state index in [9.17, 15) is 0 Å². The van der Waals surface area contributed by atoms with Crippen LogP contribution in [0.3, 0.4) is 0 Å². The van der Waals surface area contributed by atoms with Crippen molar-refractivity contribution in [1.82, 2.24) is 24.7 Å². The molecular formula is C20H19N5O2S. The molecule has 0 aliphatic rings. The van der Waals surface area contributed by atoms with Gasteiger partial charge in [0.15, 0.2) is 17.3 Å². The summed E-state index contributed by atoms with van der Waals surface area (Å²) in [6, 6.07) is 11.6. The van der Waals surface area contributed by atoms with E-state index < -0.39 is 0 Å². The summed E-state index contributed by atoms with van der Waals surface area (Å²) in [6.07, 6.45) is 3.10. The highest BCUT2D eigenvalue weighted by atomic mass is 32.1. The number of thiazole rings is 1.